The molecule has 0 fully saturated rings. The Bertz CT molecular complexity index is 350. The highest BCUT2D eigenvalue weighted by Gasteiger charge is 2.08. The summed E-state index contributed by atoms with van der Waals surface area (Å²) in [6.07, 6.45) is 1.49. The fraction of sp³-hybridized carbons (Fsp3) is 0.545. The number of hydrogen-bond donors (Lipinski definition) is 1. The SMILES string of the molecule is CCN(CC)C(=O)CNc1cc(C)ncn1. The van der Waals surface area contributed by atoms with Gasteiger partial charge in [-0.15, -0.1) is 0 Å². The summed E-state index contributed by atoms with van der Waals surface area (Å²) in [6, 6.07) is 1.81. The van der Waals surface area contributed by atoms with E-state index in [0.29, 0.717) is 5.82 Å². The van der Waals surface area contributed by atoms with Crippen LogP contribution in [-0.4, -0.2) is 40.4 Å². The molecule has 0 aliphatic rings. The second-order valence-corrected chi connectivity index (χ2v) is 3.46. The Balaban J connectivity index is 2.48. The van der Waals surface area contributed by atoms with E-state index in [4.69, 9.17) is 0 Å². The third-order valence-electron chi connectivity index (χ3n) is 2.34. The first kappa shape index (κ1) is 12.4. The van der Waals surface area contributed by atoms with Gasteiger partial charge in [0, 0.05) is 24.8 Å². The van der Waals surface area contributed by atoms with E-state index in [1.165, 1.54) is 6.33 Å². The molecule has 1 amide bonds. The van der Waals surface area contributed by atoms with Gasteiger partial charge in [0.05, 0.1) is 6.54 Å². The number of aryl methyl sites for hydroxylation is 1. The molecule has 1 aromatic rings. The third-order valence-corrected chi connectivity index (χ3v) is 2.34. The average molecular weight is 222 g/mol. The van der Waals surface area contributed by atoms with Crippen LogP contribution in [0.2, 0.25) is 0 Å². The molecule has 0 radical (unpaired) electrons. The molecule has 0 saturated carbocycles. The van der Waals surface area contributed by atoms with Crippen molar-refractivity contribution in [2.24, 2.45) is 0 Å². The van der Waals surface area contributed by atoms with Crippen LogP contribution in [0.25, 0.3) is 0 Å². The molecule has 0 aliphatic carbocycles. The predicted octanol–water partition coefficient (Wildman–Crippen LogP) is 1.07. The molecule has 0 bridgehead atoms. The van der Waals surface area contributed by atoms with E-state index in [2.05, 4.69) is 15.3 Å². The zero-order chi connectivity index (χ0) is 12.0. The maximum Gasteiger partial charge on any atom is 0.241 e. The Morgan fingerprint density at radius 1 is 1.38 bits per heavy atom. The van der Waals surface area contributed by atoms with Gasteiger partial charge in [-0.05, 0) is 20.8 Å². The fourth-order valence-corrected chi connectivity index (χ4v) is 1.41. The van der Waals surface area contributed by atoms with Crippen molar-refractivity contribution >= 4 is 11.7 Å². The van der Waals surface area contributed by atoms with Gasteiger partial charge in [-0.3, -0.25) is 4.79 Å². The van der Waals surface area contributed by atoms with Crippen molar-refractivity contribution < 1.29 is 4.79 Å². The summed E-state index contributed by atoms with van der Waals surface area (Å²) in [4.78, 5) is 21.5. The summed E-state index contributed by atoms with van der Waals surface area (Å²) in [5.41, 5.74) is 0.882. The minimum atomic E-state index is 0.0845. The first-order valence-corrected chi connectivity index (χ1v) is 5.47. The van der Waals surface area contributed by atoms with Crippen molar-refractivity contribution in [2.75, 3.05) is 25.0 Å². The largest absolute Gasteiger partial charge is 0.361 e. The van der Waals surface area contributed by atoms with Crippen LogP contribution in [0.4, 0.5) is 5.82 Å². The zero-order valence-electron chi connectivity index (χ0n) is 10.0. The van der Waals surface area contributed by atoms with Crippen LogP contribution in [0.5, 0.6) is 0 Å². The number of anilines is 1. The van der Waals surface area contributed by atoms with Crippen LogP contribution in [0.15, 0.2) is 12.4 Å². The van der Waals surface area contributed by atoms with E-state index in [1.54, 1.807) is 4.90 Å². The molecule has 5 nitrogen and oxygen atoms in total. The van der Waals surface area contributed by atoms with E-state index >= 15 is 0 Å². The lowest BCUT2D eigenvalue weighted by atomic mass is 10.4. The Kier molecular flexibility index (Phi) is 4.69. The van der Waals surface area contributed by atoms with Gasteiger partial charge in [0.25, 0.3) is 0 Å². The predicted molar refractivity (Wildman–Crippen MR) is 63.2 cm³/mol. The normalized spacial score (nSPS) is 9.94. The Morgan fingerprint density at radius 3 is 2.62 bits per heavy atom. The lowest BCUT2D eigenvalue weighted by Crippen LogP contribution is -2.35. The van der Waals surface area contributed by atoms with Gasteiger partial charge < -0.3 is 10.2 Å². The molecule has 0 aliphatic heterocycles. The number of hydrogen-bond acceptors (Lipinski definition) is 4. The van der Waals surface area contributed by atoms with E-state index in [-0.39, 0.29) is 12.5 Å². The van der Waals surface area contributed by atoms with E-state index in [0.717, 1.165) is 18.8 Å². The first-order valence-electron chi connectivity index (χ1n) is 5.47. The molecule has 1 rings (SSSR count). The molecule has 5 heteroatoms. The lowest BCUT2D eigenvalue weighted by Gasteiger charge is -2.18. The summed E-state index contributed by atoms with van der Waals surface area (Å²) in [6.45, 7) is 7.57. The number of likely N-dealkylation sites (N-methyl/N-ethyl adjacent to an activating group) is 1. The third kappa shape index (κ3) is 3.49. The van der Waals surface area contributed by atoms with Crippen molar-refractivity contribution in [2.45, 2.75) is 20.8 Å². The minimum absolute atomic E-state index is 0.0845. The Hall–Kier alpha value is -1.65. The van der Waals surface area contributed by atoms with Gasteiger partial charge in [0.1, 0.15) is 12.1 Å². The van der Waals surface area contributed by atoms with Crippen molar-refractivity contribution in [3.05, 3.63) is 18.1 Å². The number of carbonyl (C=O) groups is 1. The molecule has 0 unspecified atom stereocenters. The van der Waals surface area contributed by atoms with Gasteiger partial charge in [-0.1, -0.05) is 0 Å². The molecule has 1 aromatic heterocycles. The average Bonchev–Trinajstić information content (AvgIpc) is 2.28. The van der Waals surface area contributed by atoms with Gasteiger partial charge in [-0.2, -0.15) is 0 Å². The van der Waals surface area contributed by atoms with Crippen molar-refractivity contribution in [3.63, 3.8) is 0 Å². The minimum Gasteiger partial charge on any atom is -0.361 e. The second kappa shape index (κ2) is 6.05. The lowest BCUT2D eigenvalue weighted by molar-refractivity contribution is -0.128. The second-order valence-electron chi connectivity index (χ2n) is 3.46. The van der Waals surface area contributed by atoms with Gasteiger partial charge in [0.15, 0.2) is 0 Å². The van der Waals surface area contributed by atoms with E-state index in [9.17, 15) is 4.79 Å². The Labute approximate surface area is 95.9 Å². The number of carbonyl (C=O) groups excluding carboxylic acids is 1. The summed E-state index contributed by atoms with van der Waals surface area (Å²) >= 11 is 0. The summed E-state index contributed by atoms with van der Waals surface area (Å²) in [5, 5.41) is 2.99. The van der Waals surface area contributed by atoms with Crippen LogP contribution in [0.1, 0.15) is 19.5 Å². The summed E-state index contributed by atoms with van der Waals surface area (Å²) in [7, 11) is 0. The van der Waals surface area contributed by atoms with Gasteiger partial charge in [0.2, 0.25) is 5.91 Å². The molecule has 0 spiro atoms. The number of nitrogens with one attached hydrogen (secondary N) is 1. The van der Waals surface area contributed by atoms with Crippen molar-refractivity contribution in [3.8, 4) is 0 Å². The first-order chi connectivity index (χ1) is 7.67. The molecular weight excluding hydrogens is 204 g/mol. The van der Waals surface area contributed by atoms with Crippen LogP contribution >= 0.6 is 0 Å². The monoisotopic (exact) mass is 222 g/mol. The summed E-state index contributed by atoms with van der Waals surface area (Å²) in [5.74, 6) is 0.772. The van der Waals surface area contributed by atoms with Crippen molar-refractivity contribution in [1.82, 2.24) is 14.9 Å². The quantitative estimate of drug-likeness (QED) is 0.809. The van der Waals surface area contributed by atoms with Crippen molar-refractivity contribution in [1.29, 1.82) is 0 Å². The number of rotatable bonds is 5. The number of aromatic nitrogens is 2. The van der Waals surface area contributed by atoms with E-state index in [1.807, 2.05) is 26.8 Å². The maximum absolute atomic E-state index is 11.7. The highest BCUT2D eigenvalue weighted by atomic mass is 16.2. The molecule has 0 saturated heterocycles. The molecule has 0 atom stereocenters. The topological polar surface area (TPSA) is 58.1 Å². The zero-order valence-corrected chi connectivity index (χ0v) is 10.0. The van der Waals surface area contributed by atoms with Crippen LogP contribution in [-0.2, 0) is 4.79 Å². The van der Waals surface area contributed by atoms with Crippen LogP contribution in [0.3, 0.4) is 0 Å². The molecular formula is C11H18N4O. The molecule has 1 N–H and O–H groups in total. The van der Waals surface area contributed by atoms with Gasteiger partial charge in [-0.25, -0.2) is 9.97 Å². The molecule has 88 valence electrons. The number of nitrogens with zero attached hydrogens (tertiary/aromatic N) is 3. The smallest absolute Gasteiger partial charge is 0.241 e. The highest BCUT2D eigenvalue weighted by Crippen LogP contribution is 2.02. The summed E-state index contributed by atoms with van der Waals surface area (Å²) < 4.78 is 0. The Morgan fingerprint density at radius 2 is 2.06 bits per heavy atom. The van der Waals surface area contributed by atoms with Crippen LogP contribution < -0.4 is 5.32 Å². The standard InChI is InChI=1S/C11H18N4O/c1-4-15(5-2)11(16)7-12-10-6-9(3)13-8-14-10/h6,8H,4-5,7H2,1-3H3,(H,12,13,14). The van der Waals surface area contributed by atoms with Crippen LogP contribution in [0, 0.1) is 6.92 Å². The fourth-order valence-electron chi connectivity index (χ4n) is 1.41. The van der Waals surface area contributed by atoms with Gasteiger partial charge >= 0.3 is 0 Å². The highest BCUT2D eigenvalue weighted by molar-refractivity contribution is 5.80. The molecule has 0 aromatic carbocycles. The maximum atomic E-state index is 11.7. The van der Waals surface area contributed by atoms with E-state index < -0.39 is 0 Å². The molecule has 1 heterocycles. The molecule has 16 heavy (non-hydrogen) atoms. The number of amides is 1.